The third-order valence-corrected chi connectivity index (χ3v) is 5.73. The first-order valence-electron chi connectivity index (χ1n) is 10.1. The zero-order valence-electron chi connectivity index (χ0n) is 16.1. The van der Waals surface area contributed by atoms with Crippen LogP contribution in [0.4, 0.5) is 8.78 Å². The number of hydrogen-bond donors (Lipinski definition) is 0. The van der Waals surface area contributed by atoms with Crippen LogP contribution in [0.15, 0.2) is 24.8 Å². The first-order chi connectivity index (χ1) is 13.1. The van der Waals surface area contributed by atoms with Gasteiger partial charge < -0.3 is 14.2 Å². The van der Waals surface area contributed by atoms with Gasteiger partial charge in [0.05, 0.1) is 32.0 Å². The summed E-state index contributed by atoms with van der Waals surface area (Å²) in [5.41, 5.74) is 0.463. The van der Waals surface area contributed by atoms with Crippen molar-refractivity contribution in [2.45, 2.75) is 63.6 Å². The molecule has 1 aliphatic carbocycles. The lowest BCUT2D eigenvalue weighted by Crippen LogP contribution is -2.30. The molecule has 0 spiro atoms. The standard InChI is InChI=1S/C22H30F2O3/c1-3-17-8-5-15(13-26-17)14-27-18-9-6-16(7-10-18)19-11-12-20(25-4-2)22(24)21(19)23/h3,11-12,15-18H,1,4-10,13-14H2,2H3. The van der Waals surface area contributed by atoms with Gasteiger partial charge in [0.25, 0.3) is 0 Å². The van der Waals surface area contributed by atoms with Crippen LogP contribution >= 0.6 is 0 Å². The molecule has 1 aromatic carbocycles. The third-order valence-electron chi connectivity index (χ3n) is 5.73. The SMILES string of the molecule is C=CC1CCC(COC2CCC(c3ccc(OCC)c(F)c3F)CC2)CO1. The summed E-state index contributed by atoms with van der Waals surface area (Å²) in [4.78, 5) is 0. The van der Waals surface area contributed by atoms with Crippen LogP contribution in [0.5, 0.6) is 5.75 Å². The Labute approximate surface area is 160 Å². The minimum absolute atomic E-state index is 0.0100. The Hall–Kier alpha value is -1.46. The van der Waals surface area contributed by atoms with Crippen molar-refractivity contribution in [3.05, 3.63) is 42.0 Å². The van der Waals surface area contributed by atoms with Gasteiger partial charge in [0.2, 0.25) is 5.82 Å². The number of ether oxygens (including phenoxy) is 3. The number of benzene rings is 1. The lowest BCUT2D eigenvalue weighted by Gasteiger charge is -2.32. The van der Waals surface area contributed by atoms with E-state index in [-0.39, 0.29) is 23.9 Å². The Morgan fingerprint density at radius 3 is 2.52 bits per heavy atom. The zero-order chi connectivity index (χ0) is 19.2. The van der Waals surface area contributed by atoms with Crippen LogP contribution in [0.3, 0.4) is 0 Å². The van der Waals surface area contributed by atoms with Crippen LogP contribution < -0.4 is 4.74 Å². The highest BCUT2D eigenvalue weighted by atomic mass is 19.2. The highest BCUT2D eigenvalue weighted by Gasteiger charge is 2.28. The predicted octanol–water partition coefficient (Wildman–Crippen LogP) is 5.39. The monoisotopic (exact) mass is 380 g/mol. The van der Waals surface area contributed by atoms with Crippen LogP contribution in [0.25, 0.3) is 0 Å². The molecule has 0 bridgehead atoms. The normalized spacial score (nSPS) is 28.7. The first kappa shape index (κ1) is 20.3. The smallest absolute Gasteiger partial charge is 0.200 e. The van der Waals surface area contributed by atoms with E-state index >= 15 is 0 Å². The van der Waals surface area contributed by atoms with Crippen molar-refractivity contribution in [1.82, 2.24) is 0 Å². The summed E-state index contributed by atoms with van der Waals surface area (Å²) in [5, 5.41) is 0. The van der Waals surface area contributed by atoms with Crippen LogP contribution in [0, 0.1) is 17.6 Å². The number of rotatable bonds is 7. The summed E-state index contributed by atoms with van der Waals surface area (Å²) in [6.45, 7) is 7.28. The van der Waals surface area contributed by atoms with Crippen molar-refractivity contribution in [3.63, 3.8) is 0 Å². The van der Waals surface area contributed by atoms with Crippen LogP contribution in [-0.2, 0) is 9.47 Å². The maximum absolute atomic E-state index is 14.4. The van der Waals surface area contributed by atoms with Gasteiger partial charge in [-0.15, -0.1) is 6.58 Å². The summed E-state index contributed by atoms with van der Waals surface area (Å²) in [6, 6.07) is 3.21. The minimum Gasteiger partial charge on any atom is -0.491 e. The van der Waals surface area contributed by atoms with Crippen molar-refractivity contribution in [1.29, 1.82) is 0 Å². The Kier molecular flexibility index (Phi) is 7.25. The van der Waals surface area contributed by atoms with Crippen LogP contribution in [0.2, 0.25) is 0 Å². The van der Waals surface area contributed by atoms with E-state index in [1.54, 1.807) is 19.1 Å². The van der Waals surface area contributed by atoms with Gasteiger partial charge in [0, 0.05) is 5.92 Å². The molecule has 150 valence electrons. The first-order valence-corrected chi connectivity index (χ1v) is 10.1. The van der Waals surface area contributed by atoms with Crippen LogP contribution in [0.1, 0.15) is 56.9 Å². The third kappa shape index (κ3) is 5.08. The molecule has 2 atom stereocenters. The van der Waals surface area contributed by atoms with E-state index in [9.17, 15) is 8.78 Å². The Balaban J connectivity index is 1.46. The molecule has 1 saturated heterocycles. The molecular formula is C22H30F2O3. The lowest BCUT2D eigenvalue weighted by atomic mass is 9.82. The molecule has 0 amide bonds. The quantitative estimate of drug-likeness (QED) is 0.594. The highest BCUT2D eigenvalue weighted by molar-refractivity contribution is 5.33. The minimum atomic E-state index is -0.872. The Morgan fingerprint density at radius 2 is 1.89 bits per heavy atom. The molecular weight excluding hydrogens is 350 g/mol. The largest absolute Gasteiger partial charge is 0.491 e. The molecule has 2 fully saturated rings. The van der Waals surface area contributed by atoms with Crippen LogP contribution in [-0.4, -0.2) is 32.0 Å². The van der Waals surface area contributed by atoms with E-state index in [0.29, 0.717) is 24.7 Å². The van der Waals surface area contributed by atoms with Crippen molar-refractivity contribution in [2.75, 3.05) is 19.8 Å². The second-order valence-electron chi connectivity index (χ2n) is 7.57. The van der Waals surface area contributed by atoms with Crippen molar-refractivity contribution >= 4 is 0 Å². The average molecular weight is 380 g/mol. The molecule has 0 radical (unpaired) electrons. The molecule has 1 heterocycles. The number of hydrogen-bond acceptors (Lipinski definition) is 3. The predicted molar refractivity (Wildman–Crippen MR) is 101 cm³/mol. The maximum Gasteiger partial charge on any atom is 0.200 e. The molecule has 0 N–H and O–H groups in total. The molecule has 2 unspecified atom stereocenters. The average Bonchev–Trinajstić information content (AvgIpc) is 2.71. The van der Waals surface area contributed by atoms with Gasteiger partial charge in [-0.25, -0.2) is 4.39 Å². The summed E-state index contributed by atoms with van der Waals surface area (Å²) in [5.74, 6) is -1.16. The van der Waals surface area contributed by atoms with E-state index < -0.39 is 11.6 Å². The summed E-state index contributed by atoms with van der Waals surface area (Å²) >= 11 is 0. The van der Waals surface area contributed by atoms with Crippen molar-refractivity contribution < 1.29 is 23.0 Å². The van der Waals surface area contributed by atoms with Gasteiger partial charge in [-0.2, -0.15) is 4.39 Å². The molecule has 0 aromatic heterocycles. The van der Waals surface area contributed by atoms with E-state index in [4.69, 9.17) is 14.2 Å². The van der Waals surface area contributed by atoms with E-state index in [1.165, 1.54) is 0 Å². The van der Waals surface area contributed by atoms with Gasteiger partial charge in [-0.05, 0) is 63.0 Å². The lowest BCUT2D eigenvalue weighted by molar-refractivity contribution is -0.0502. The fourth-order valence-corrected chi connectivity index (χ4v) is 4.09. The fourth-order valence-electron chi connectivity index (χ4n) is 4.09. The van der Waals surface area contributed by atoms with Crippen molar-refractivity contribution in [2.24, 2.45) is 5.92 Å². The van der Waals surface area contributed by atoms with E-state index in [2.05, 4.69) is 6.58 Å². The second kappa shape index (κ2) is 9.65. The molecule has 27 heavy (non-hydrogen) atoms. The maximum atomic E-state index is 14.4. The highest BCUT2D eigenvalue weighted by Crippen LogP contribution is 2.37. The van der Waals surface area contributed by atoms with Crippen molar-refractivity contribution in [3.8, 4) is 5.75 Å². The van der Waals surface area contributed by atoms with E-state index in [0.717, 1.165) is 45.1 Å². The van der Waals surface area contributed by atoms with E-state index in [1.807, 2.05) is 6.08 Å². The molecule has 1 aliphatic heterocycles. The molecule has 2 aliphatic rings. The molecule has 1 aromatic rings. The van der Waals surface area contributed by atoms with Gasteiger partial charge in [-0.1, -0.05) is 12.1 Å². The zero-order valence-corrected chi connectivity index (χ0v) is 16.1. The van der Waals surface area contributed by atoms with Gasteiger partial charge in [-0.3, -0.25) is 0 Å². The molecule has 3 nitrogen and oxygen atoms in total. The summed E-state index contributed by atoms with van der Waals surface area (Å²) < 4.78 is 45.5. The Bertz CT molecular complexity index is 618. The Morgan fingerprint density at radius 1 is 1.11 bits per heavy atom. The van der Waals surface area contributed by atoms with Gasteiger partial charge >= 0.3 is 0 Å². The molecule has 1 saturated carbocycles. The topological polar surface area (TPSA) is 27.7 Å². The molecule has 5 heteroatoms. The number of halogens is 2. The molecule has 3 rings (SSSR count). The van der Waals surface area contributed by atoms with Gasteiger partial charge in [0.1, 0.15) is 0 Å². The second-order valence-corrected chi connectivity index (χ2v) is 7.57. The summed E-state index contributed by atoms with van der Waals surface area (Å²) in [7, 11) is 0. The van der Waals surface area contributed by atoms with Gasteiger partial charge in [0.15, 0.2) is 11.6 Å². The summed E-state index contributed by atoms with van der Waals surface area (Å²) in [6.07, 6.45) is 7.74. The fraction of sp³-hybridized carbons (Fsp3) is 0.636.